The molecule has 0 radical (unpaired) electrons. The molecule has 1 aliphatic rings. The lowest BCUT2D eigenvalue weighted by Crippen LogP contribution is -2.42. The third-order valence-corrected chi connectivity index (χ3v) is 7.36. The van der Waals surface area contributed by atoms with Crippen LogP contribution in [0.5, 0.6) is 5.75 Å². The van der Waals surface area contributed by atoms with Crippen molar-refractivity contribution in [1.82, 2.24) is 0 Å². The van der Waals surface area contributed by atoms with Crippen LogP contribution >= 0.6 is 0 Å². The van der Waals surface area contributed by atoms with Crippen LogP contribution in [-0.4, -0.2) is 19.1 Å². The van der Waals surface area contributed by atoms with Gasteiger partial charge in [0.05, 0.1) is 12.8 Å². The van der Waals surface area contributed by atoms with Crippen LogP contribution in [0.1, 0.15) is 24.5 Å². The first kappa shape index (κ1) is 20.7. The second-order valence-electron chi connectivity index (χ2n) is 9.20. The van der Waals surface area contributed by atoms with Crippen LogP contribution in [0, 0.1) is 0 Å². The molecule has 0 N–H and O–H groups in total. The predicted molar refractivity (Wildman–Crippen MR) is 141 cm³/mol. The average molecular weight is 446 g/mol. The summed E-state index contributed by atoms with van der Waals surface area (Å²) in [7, 11) is 1.69. The Labute approximate surface area is 199 Å². The van der Waals surface area contributed by atoms with E-state index in [-0.39, 0.29) is 11.9 Å². The quantitative estimate of drug-likeness (QED) is 0.278. The number of carbonyl (C=O) groups excluding carboxylic acids is 1. The molecule has 3 nitrogen and oxygen atoms in total. The van der Waals surface area contributed by atoms with E-state index < -0.39 is 0 Å². The van der Waals surface area contributed by atoms with Gasteiger partial charge < -0.3 is 9.64 Å². The largest absolute Gasteiger partial charge is 0.496 e. The third kappa shape index (κ3) is 3.23. The minimum Gasteiger partial charge on any atom is -0.496 e. The molecule has 5 aromatic carbocycles. The fourth-order valence-electron chi connectivity index (χ4n) is 5.85. The molecule has 0 fully saturated rings. The number of hydrogen-bond donors (Lipinski definition) is 0. The minimum atomic E-state index is 0.0792. The number of hydrogen-bond acceptors (Lipinski definition) is 2. The van der Waals surface area contributed by atoms with E-state index in [1.807, 2.05) is 23.1 Å². The average Bonchev–Trinajstić information content (AvgIpc) is 2.88. The van der Waals surface area contributed by atoms with E-state index in [1.165, 1.54) is 32.7 Å². The van der Waals surface area contributed by atoms with Crippen LogP contribution in [0.4, 0.5) is 5.69 Å². The highest BCUT2D eigenvalue weighted by Crippen LogP contribution is 2.38. The first-order valence-electron chi connectivity index (χ1n) is 11.9. The molecular weight excluding hydrogens is 418 g/mol. The Bertz CT molecular complexity index is 1570. The fourth-order valence-corrected chi connectivity index (χ4v) is 5.85. The summed E-state index contributed by atoms with van der Waals surface area (Å²) < 4.78 is 5.58. The molecule has 3 heteroatoms. The van der Waals surface area contributed by atoms with Gasteiger partial charge in [0, 0.05) is 23.7 Å². The number of aryl methyl sites for hydroxylation is 1. The molecule has 0 heterocycles. The van der Waals surface area contributed by atoms with Gasteiger partial charge in [-0.15, -0.1) is 0 Å². The van der Waals surface area contributed by atoms with E-state index in [9.17, 15) is 4.79 Å². The van der Waals surface area contributed by atoms with Crippen molar-refractivity contribution < 1.29 is 9.53 Å². The number of benzene rings is 5. The number of nitrogens with zero attached hydrogens (tertiary/aromatic N) is 1. The summed E-state index contributed by atoms with van der Waals surface area (Å²) in [6.07, 6.45) is 2.77. The van der Waals surface area contributed by atoms with E-state index in [0.29, 0.717) is 0 Å². The Morgan fingerprint density at radius 3 is 2.41 bits per heavy atom. The number of ether oxygens (including phenoxy) is 1. The molecule has 0 saturated heterocycles. The minimum absolute atomic E-state index is 0.0792. The molecule has 1 atom stereocenters. The van der Waals surface area contributed by atoms with Crippen LogP contribution < -0.4 is 9.64 Å². The van der Waals surface area contributed by atoms with Crippen molar-refractivity contribution in [3.8, 4) is 5.75 Å². The number of fused-ring (bicyclic) bond motifs is 6. The van der Waals surface area contributed by atoms with Crippen LogP contribution in [0.2, 0.25) is 0 Å². The van der Waals surface area contributed by atoms with Crippen molar-refractivity contribution in [3.05, 3.63) is 96.1 Å². The van der Waals surface area contributed by atoms with E-state index in [2.05, 4.69) is 66.7 Å². The first-order valence-corrected chi connectivity index (χ1v) is 11.9. The van der Waals surface area contributed by atoms with Crippen LogP contribution in [0.25, 0.3) is 32.3 Å². The maximum Gasteiger partial charge on any atom is 0.224 e. The third-order valence-electron chi connectivity index (χ3n) is 7.36. The molecule has 1 amide bonds. The van der Waals surface area contributed by atoms with Gasteiger partial charge in [0.15, 0.2) is 0 Å². The van der Waals surface area contributed by atoms with Gasteiger partial charge in [-0.25, -0.2) is 0 Å². The van der Waals surface area contributed by atoms with Gasteiger partial charge in [-0.3, -0.25) is 4.79 Å². The van der Waals surface area contributed by atoms with Crippen molar-refractivity contribution >= 4 is 43.9 Å². The monoisotopic (exact) mass is 445 g/mol. The number of carbonyl (C=O) groups is 1. The molecule has 1 unspecified atom stereocenters. The smallest absolute Gasteiger partial charge is 0.224 e. The van der Waals surface area contributed by atoms with E-state index >= 15 is 0 Å². The zero-order valence-electron chi connectivity index (χ0n) is 19.5. The number of amides is 1. The van der Waals surface area contributed by atoms with Gasteiger partial charge in [-0.05, 0) is 64.1 Å². The second kappa shape index (κ2) is 8.18. The summed E-state index contributed by atoms with van der Waals surface area (Å²) in [5.41, 5.74) is 3.75. The molecule has 0 spiro atoms. The molecule has 0 saturated carbocycles. The molecule has 6 rings (SSSR count). The van der Waals surface area contributed by atoms with Crippen molar-refractivity contribution in [3.63, 3.8) is 0 Å². The topological polar surface area (TPSA) is 29.5 Å². The normalized spacial score (nSPS) is 15.4. The Morgan fingerprint density at radius 2 is 1.56 bits per heavy atom. The highest BCUT2D eigenvalue weighted by Gasteiger charge is 2.29. The maximum absolute atomic E-state index is 13.0. The van der Waals surface area contributed by atoms with Gasteiger partial charge >= 0.3 is 0 Å². The molecule has 0 bridgehead atoms. The van der Waals surface area contributed by atoms with Crippen molar-refractivity contribution in [2.24, 2.45) is 0 Å². The fraction of sp³-hybridized carbons (Fsp3) is 0.194. The molecule has 168 valence electrons. The standard InChI is InChI=1S/C31H27NO2/c1-20(33)32(30-11-5-10-29-28(30)9-6-12-31(29)34-2)23-15-18-25-22(19-23)14-17-26-24-8-4-3-7-21(24)13-16-27(25)26/h3-14,16-17,23H,15,18-19H2,1-2H3. The lowest BCUT2D eigenvalue weighted by molar-refractivity contribution is -0.117. The Balaban J connectivity index is 1.43. The maximum atomic E-state index is 13.0. The highest BCUT2D eigenvalue weighted by atomic mass is 16.5. The van der Waals surface area contributed by atoms with Crippen LogP contribution in [0.3, 0.4) is 0 Å². The summed E-state index contributed by atoms with van der Waals surface area (Å²) in [5, 5.41) is 7.33. The molecule has 0 aliphatic heterocycles. The summed E-state index contributed by atoms with van der Waals surface area (Å²) in [5.74, 6) is 0.908. The van der Waals surface area contributed by atoms with E-state index in [1.54, 1.807) is 14.0 Å². The SMILES string of the molecule is COc1cccc2c(N(C(C)=O)C3CCc4c(ccc5c4ccc4ccccc45)C3)cccc12. The van der Waals surface area contributed by atoms with Gasteiger partial charge in [0.25, 0.3) is 0 Å². The summed E-state index contributed by atoms with van der Waals surface area (Å²) >= 11 is 0. The van der Waals surface area contributed by atoms with Crippen molar-refractivity contribution in [2.75, 3.05) is 12.0 Å². The Kier molecular flexibility index (Phi) is 4.99. The molecule has 34 heavy (non-hydrogen) atoms. The molecule has 5 aromatic rings. The van der Waals surface area contributed by atoms with Crippen LogP contribution in [0.15, 0.2) is 84.9 Å². The second-order valence-corrected chi connectivity index (χ2v) is 9.20. The van der Waals surface area contributed by atoms with Gasteiger partial charge in [-0.1, -0.05) is 72.8 Å². The van der Waals surface area contributed by atoms with Crippen LogP contribution in [-0.2, 0) is 17.6 Å². The predicted octanol–water partition coefficient (Wildman–Crippen LogP) is 7.07. The highest BCUT2D eigenvalue weighted by molar-refractivity contribution is 6.09. The number of anilines is 1. The van der Waals surface area contributed by atoms with Gasteiger partial charge in [-0.2, -0.15) is 0 Å². The Hall–Kier alpha value is -3.85. The lowest BCUT2D eigenvalue weighted by Gasteiger charge is -2.36. The van der Waals surface area contributed by atoms with Gasteiger partial charge in [0.2, 0.25) is 5.91 Å². The number of methoxy groups -OCH3 is 1. The summed E-state index contributed by atoms with van der Waals surface area (Å²) in [6.45, 7) is 1.68. The molecular formula is C31H27NO2. The summed E-state index contributed by atoms with van der Waals surface area (Å²) in [4.78, 5) is 15.0. The van der Waals surface area contributed by atoms with E-state index in [0.717, 1.165) is 41.5 Å². The summed E-state index contributed by atoms with van der Waals surface area (Å²) in [6, 6.07) is 29.9. The zero-order valence-corrected chi connectivity index (χ0v) is 19.5. The number of rotatable bonds is 3. The van der Waals surface area contributed by atoms with Crippen molar-refractivity contribution in [2.45, 2.75) is 32.2 Å². The molecule has 1 aliphatic carbocycles. The van der Waals surface area contributed by atoms with Crippen molar-refractivity contribution in [1.29, 1.82) is 0 Å². The lowest BCUT2D eigenvalue weighted by atomic mass is 9.83. The molecule has 0 aromatic heterocycles. The van der Waals surface area contributed by atoms with Gasteiger partial charge in [0.1, 0.15) is 5.75 Å². The van der Waals surface area contributed by atoms with E-state index in [4.69, 9.17) is 4.74 Å². The Morgan fingerprint density at radius 1 is 0.794 bits per heavy atom. The first-order chi connectivity index (χ1) is 16.7. The zero-order chi connectivity index (χ0) is 23.2.